The van der Waals surface area contributed by atoms with Crippen LogP contribution in [-0.2, 0) is 4.79 Å². The van der Waals surface area contributed by atoms with Crippen molar-refractivity contribution in [2.24, 2.45) is 0 Å². The van der Waals surface area contributed by atoms with Gasteiger partial charge in [-0.15, -0.1) is 0 Å². The third-order valence-electron chi connectivity index (χ3n) is 2.72. The molecule has 3 N–H and O–H groups in total. The van der Waals surface area contributed by atoms with Crippen LogP contribution in [0.4, 0.5) is 10.8 Å². The Morgan fingerprint density at radius 1 is 1.25 bits per heavy atom. The largest absolute Gasteiger partial charge is 0.399 e. The van der Waals surface area contributed by atoms with E-state index < -0.39 is 0 Å². The van der Waals surface area contributed by atoms with E-state index in [2.05, 4.69) is 15.3 Å². The summed E-state index contributed by atoms with van der Waals surface area (Å²) in [4.78, 5) is 20.7. The van der Waals surface area contributed by atoms with Crippen molar-refractivity contribution < 1.29 is 4.79 Å². The van der Waals surface area contributed by atoms with Gasteiger partial charge in [-0.05, 0) is 24.3 Å². The molecule has 5 nitrogen and oxygen atoms in total. The van der Waals surface area contributed by atoms with Gasteiger partial charge in [-0.1, -0.05) is 23.5 Å². The second kappa shape index (κ2) is 4.90. The number of nitrogens with one attached hydrogen (secondary N) is 1. The highest BCUT2D eigenvalue weighted by molar-refractivity contribution is 7.21. The number of anilines is 2. The van der Waals surface area contributed by atoms with Gasteiger partial charge in [-0.2, -0.15) is 0 Å². The summed E-state index contributed by atoms with van der Waals surface area (Å²) in [6.07, 6.45) is 0. The van der Waals surface area contributed by atoms with Crippen LogP contribution in [0.25, 0.3) is 21.6 Å². The van der Waals surface area contributed by atoms with Gasteiger partial charge in [0.2, 0.25) is 5.91 Å². The Balaban J connectivity index is 2.04. The van der Waals surface area contributed by atoms with Crippen molar-refractivity contribution in [3.05, 3.63) is 36.4 Å². The molecule has 1 amide bonds. The molecular formula is C14H12N4OS. The third-order valence-corrected chi connectivity index (χ3v) is 3.60. The number of rotatable bonds is 2. The number of hydrogen-bond acceptors (Lipinski definition) is 5. The number of hydrogen-bond donors (Lipinski definition) is 2. The van der Waals surface area contributed by atoms with Crippen LogP contribution in [0.5, 0.6) is 0 Å². The number of pyridine rings is 1. The van der Waals surface area contributed by atoms with Crippen LogP contribution < -0.4 is 11.1 Å². The van der Waals surface area contributed by atoms with Gasteiger partial charge in [0.1, 0.15) is 10.3 Å². The van der Waals surface area contributed by atoms with Crippen LogP contribution in [0.3, 0.4) is 0 Å². The molecule has 0 aliphatic heterocycles. The summed E-state index contributed by atoms with van der Waals surface area (Å²) in [5.74, 6) is -0.139. The Hall–Kier alpha value is -2.47. The van der Waals surface area contributed by atoms with E-state index in [1.807, 2.05) is 36.4 Å². The van der Waals surface area contributed by atoms with Crippen molar-refractivity contribution in [1.29, 1.82) is 0 Å². The van der Waals surface area contributed by atoms with Crippen molar-refractivity contribution in [1.82, 2.24) is 9.97 Å². The number of carbonyl (C=O) groups excluding carboxylic acids is 1. The van der Waals surface area contributed by atoms with Gasteiger partial charge in [0.15, 0.2) is 5.13 Å². The molecule has 0 fully saturated rings. The highest BCUT2D eigenvalue weighted by atomic mass is 32.1. The normalized spacial score (nSPS) is 10.7. The second-order valence-electron chi connectivity index (χ2n) is 4.35. The number of benzene rings is 1. The summed E-state index contributed by atoms with van der Waals surface area (Å²) in [6.45, 7) is 1.46. The van der Waals surface area contributed by atoms with Crippen molar-refractivity contribution in [3.8, 4) is 11.3 Å². The van der Waals surface area contributed by atoms with E-state index in [1.165, 1.54) is 18.3 Å². The lowest BCUT2D eigenvalue weighted by Crippen LogP contribution is -2.04. The summed E-state index contributed by atoms with van der Waals surface area (Å²) in [6, 6.07) is 11.4. The van der Waals surface area contributed by atoms with Crippen LogP contribution in [0.2, 0.25) is 0 Å². The van der Waals surface area contributed by atoms with Crippen molar-refractivity contribution >= 4 is 38.4 Å². The highest BCUT2D eigenvalue weighted by Gasteiger charge is 2.08. The van der Waals surface area contributed by atoms with Crippen LogP contribution in [0.1, 0.15) is 6.92 Å². The van der Waals surface area contributed by atoms with Crippen molar-refractivity contribution in [2.75, 3.05) is 11.1 Å². The van der Waals surface area contributed by atoms with Crippen LogP contribution in [0, 0.1) is 0 Å². The molecule has 0 aliphatic rings. The van der Waals surface area contributed by atoms with Crippen molar-refractivity contribution in [2.45, 2.75) is 6.92 Å². The van der Waals surface area contributed by atoms with Gasteiger partial charge < -0.3 is 11.1 Å². The van der Waals surface area contributed by atoms with Crippen LogP contribution in [-0.4, -0.2) is 15.9 Å². The standard InChI is InChI=1S/C14H12N4OS/c1-8(19)16-14-18-12-6-5-11(17-13(12)20-14)9-3-2-4-10(15)7-9/h2-7H,15H2,1H3,(H,16,18,19). The Morgan fingerprint density at radius 2 is 2.10 bits per heavy atom. The predicted octanol–water partition coefficient (Wildman–Crippen LogP) is 2.90. The maximum atomic E-state index is 11.0. The first-order chi connectivity index (χ1) is 9.61. The number of thiazole rings is 1. The average molecular weight is 284 g/mol. The average Bonchev–Trinajstić information content (AvgIpc) is 2.78. The van der Waals surface area contributed by atoms with Crippen molar-refractivity contribution in [3.63, 3.8) is 0 Å². The molecule has 0 unspecified atom stereocenters. The minimum Gasteiger partial charge on any atom is -0.399 e. The van der Waals surface area contributed by atoms with Gasteiger partial charge in [0, 0.05) is 18.2 Å². The van der Waals surface area contributed by atoms with E-state index >= 15 is 0 Å². The monoisotopic (exact) mass is 284 g/mol. The predicted molar refractivity (Wildman–Crippen MR) is 81.6 cm³/mol. The smallest absolute Gasteiger partial charge is 0.223 e. The number of nitrogens with two attached hydrogens (primary N) is 1. The molecule has 0 atom stereocenters. The summed E-state index contributed by atoms with van der Waals surface area (Å²) in [5.41, 5.74) is 9.05. The van der Waals surface area contributed by atoms with E-state index in [9.17, 15) is 4.79 Å². The van der Waals surface area contributed by atoms with E-state index in [4.69, 9.17) is 5.73 Å². The lowest BCUT2D eigenvalue weighted by molar-refractivity contribution is -0.114. The zero-order valence-corrected chi connectivity index (χ0v) is 11.6. The first-order valence-electron chi connectivity index (χ1n) is 6.03. The number of carbonyl (C=O) groups is 1. The van der Waals surface area contributed by atoms with Gasteiger partial charge in [-0.25, -0.2) is 9.97 Å². The van der Waals surface area contributed by atoms with E-state index in [1.54, 1.807) is 0 Å². The SMILES string of the molecule is CC(=O)Nc1nc2ccc(-c3cccc(N)c3)nc2s1. The fourth-order valence-corrected chi connectivity index (χ4v) is 2.76. The fraction of sp³-hybridized carbons (Fsp3) is 0.0714. The molecule has 0 aliphatic carbocycles. The molecule has 2 heterocycles. The van der Waals surface area contributed by atoms with Gasteiger partial charge in [-0.3, -0.25) is 4.79 Å². The lowest BCUT2D eigenvalue weighted by atomic mass is 10.1. The topological polar surface area (TPSA) is 80.9 Å². The number of nitrogen functional groups attached to an aromatic ring is 1. The number of fused-ring (bicyclic) bond motifs is 1. The molecule has 100 valence electrons. The number of nitrogens with zero attached hydrogens (tertiary/aromatic N) is 2. The minimum atomic E-state index is -0.139. The molecule has 6 heteroatoms. The third kappa shape index (κ3) is 2.46. The second-order valence-corrected chi connectivity index (χ2v) is 5.32. The molecular weight excluding hydrogens is 272 g/mol. The fourth-order valence-electron chi connectivity index (χ4n) is 1.88. The highest BCUT2D eigenvalue weighted by Crippen LogP contribution is 2.28. The molecule has 3 aromatic rings. The Labute approximate surface area is 119 Å². The van der Waals surface area contributed by atoms with Gasteiger partial charge in [0.25, 0.3) is 0 Å². The molecule has 0 saturated carbocycles. The van der Waals surface area contributed by atoms with Gasteiger partial charge >= 0.3 is 0 Å². The number of amides is 1. The molecule has 20 heavy (non-hydrogen) atoms. The molecule has 0 spiro atoms. The maximum Gasteiger partial charge on any atom is 0.223 e. The molecule has 0 radical (unpaired) electrons. The Kier molecular flexibility index (Phi) is 3.08. The van der Waals surface area contributed by atoms with E-state index in [0.29, 0.717) is 10.8 Å². The summed E-state index contributed by atoms with van der Waals surface area (Å²) in [7, 11) is 0. The van der Waals surface area contributed by atoms with Crippen LogP contribution >= 0.6 is 11.3 Å². The Bertz CT molecular complexity index is 797. The Morgan fingerprint density at radius 3 is 2.85 bits per heavy atom. The molecule has 1 aromatic carbocycles. The summed E-state index contributed by atoms with van der Waals surface area (Å²) in [5, 5.41) is 3.23. The number of aromatic nitrogens is 2. The first-order valence-corrected chi connectivity index (χ1v) is 6.84. The van der Waals surface area contributed by atoms with Gasteiger partial charge in [0.05, 0.1) is 5.69 Å². The summed E-state index contributed by atoms with van der Waals surface area (Å²) >= 11 is 1.35. The first kappa shape index (κ1) is 12.6. The van der Waals surface area contributed by atoms with Crippen LogP contribution in [0.15, 0.2) is 36.4 Å². The summed E-state index contributed by atoms with van der Waals surface area (Å²) < 4.78 is 0. The molecule has 3 rings (SSSR count). The zero-order chi connectivity index (χ0) is 14.1. The lowest BCUT2D eigenvalue weighted by Gasteiger charge is -2.01. The molecule has 0 bridgehead atoms. The minimum absolute atomic E-state index is 0.139. The zero-order valence-electron chi connectivity index (χ0n) is 10.8. The molecule has 2 aromatic heterocycles. The van der Waals surface area contributed by atoms with E-state index in [0.717, 1.165) is 21.6 Å². The quantitative estimate of drug-likeness (QED) is 0.709. The maximum absolute atomic E-state index is 11.0. The molecule has 0 saturated heterocycles. The van der Waals surface area contributed by atoms with E-state index in [-0.39, 0.29) is 5.91 Å².